The number of hydrogen-bond acceptors (Lipinski definition) is 5. The summed E-state index contributed by atoms with van der Waals surface area (Å²) in [6.07, 6.45) is 14.4. The molecule has 244 valence electrons. The third-order valence-corrected chi connectivity index (χ3v) is 11.3. The Morgan fingerprint density at radius 2 is 1.79 bits per heavy atom. The lowest BCUT2D eigenvalue weighted by Gasteiger charge is -2.35. The molecular weight excluding hydrogens is 628 g/mol. The average molecular weight is 679 g/mol. The first kappa shape index (κ1) is 38.2. The zero-order valence-electron chi connectivity index (χ0n) is 25.8. The second kappa shape index (κ2) is 17.7. The zero-order chi connectivity index (χ0) is 28.2. The molecule has 2 saturated carbocycles. The molecule has 1 aromatic carbocycles. The first-order chi connectivity index (χ1) is 19.3. The van der Waals surface area contributed by atoms with E-state index in [-0.39, 0.29) is 60.9 Å². The van der Waals surface area contributed by atoms with Crippen LogP contribution >= 0.6 is 48.6 Å². The van der Waals surface area contributed by atoms with Crippen molar-refractivity contribution in [1.29, 1.82) is 0 Å². The van der Waals surface area contributed by atoms with Gasteiger partial charge in [-0.3, -0.25) is 9.69 Å². The number of aliphatic carboxylic acids is 1. The summed E-state index contributed by atoms with van der Waals surface area (Å²) in [5, 5.41) is 11.3. The molecule has 10 heteroatoms. The lowest BCUT2D eigenvalue weighted by atomic mass is 9.87. The highest BCUT2D eigenvalue weighted by Gasteiger charge is 2.41. The fourth-order valence-corrected chi connectivity index (χ4v) is 9.11. The van der Waals surface area contributed by atoms with Gasteiger partial charge in [0.05, 0.1) is 5.01 Å². The van der Waals surface area contributed by atoms with Crippen LogP contribution in [0.4, 0.5) is 4.39 Å². The van der Waals surface area contributed by atoms with Crippen molar-refractivity contribution in [2.45, 2.75) is 102 Å². The van der Waals surface area contributed by atoms with Crippen molar-refractivity contribution in [2.75, 3.05) is 26.7 Å². The summed E-state index contributed by atoms with van der Waals surface area (Å²) < 4.78 is 14.2. The van der Waals surface area contributed by atoms with Crippen molar-refractivity contribution in [1.82, 2.24) is 14.8 Å². The number of carboxylic acid groups (broad SMARTS) is 1. The highest BCUT2D eigenvalue weighted by Crippen LogP contribution is 2.44. The Bertz CT molecular complexity index is 1120. The van der Waals surface area contributed by atoms with Crippen LogP contribution < -0.4 is 0 Å². The number of piperidine rings is 1. The second-order valence-electron chi connectivity index (χ2n) is 13.2. The van der Waals surface area contributed by atoms with Gasteiger partial charge in [0, 0.05) is 30.1 Å². The highest BCUT2D eigenvalue weighted by molar-refractivity contribution is 7.11. The highest BCUT2D eigenvalue weighted by atomic mass is 35.5. The molecule has 3 aliphatic rings. The summed E-state index contributed by atoms with van der Waals surface area (Å²) in [6, 6.07) is 6.75. The van der Waals surface area contributed by atoms with Crippen LogP contribution in [0, 0.1) is 23.6 Å². The molecule has 0 bridgehead atoms. The largest absolute Gasteiger partial charge is 0.480 e. The molecule has 3 unspecified atom stereocenters. The molecule has 1 aromatic heterocycles. The lowest BCUT2D eigenvalue weighted by Crippen LogP contribution is -2.47. The minimum atomic E-state index is -0.754. The number of likely N-dealkylation sites (N-methyl/N-ethyl adjacent to an activating group) is 1. The molecule has 0 radical (unpaired) electrons. The van der Waals surface area contributed by atoms with E-state index in [9.17, 15) is 14.3 Å². The number of hydrogen-bond donors (Lipinski definition) is 1. The number of carboxylic acids is 1. The molecule has 3 fully saturated rings. The molecule has 1 N–H and O–H groups in total. The van der Waals surface area contributed by atoms with Gasteiger partial charge >= 0.3 is 5.97 Å². The van der Waals surface area contributed by atoms with Crippen LogP contribution in [0.25, 0.3) is 0 Å². The second-order valence-corrected chi connectivity index (χ2v) is 14.3. The Hall–Kier alpha value is -0.960. The van der Waals surface area contributed by atoms with E-state index in [2.05, 4.69) is 22.1 Å². The van der Waals surface area contributed by atoms with E-state index in [1.54, 1.807) is 6.07 Å². The number of carbonyl (C=O) groups is 1. The minimum Gasteiger partial charge on any atom is -0.480 e. The molecule has 43 heavy (non-hydrogen) atoms. The third kappa shape index (κ3) is 9.76. The molecule has 2 aliphatic carbocycles. The van der Waals surface area contributed by atoms with Crippen molar-refractivity contribution >= 4 is 54.5 Å². The number of thiazole rings is 1. The topological polar surface area (TPSA) is 56.7 Å². The Labute approximate surface area is 280 Å². The van der Waals surface area contributed by atoms with Crippen LogP contribution in [0.5, 0.6) is 0 Å². The van der Waals surface area contributed by atoms with E-state index in [0.717, 1.165) is 44.0 Å². The summed E-state index contributed by atoms with van der Waals surface area (Å²) in [7, 11) is 1.97. The van der Waals surface area contributed by atoms with Crippen LogP contribution in [0.3, 0.4) is 0 Å². The van der Waals surface area contributed by atoms with Gasteiger partial charge in [0.15, 0.2) is 0 Å². The van der Waals surface area contributed by atoms with Crippen LogP contribution in [0.2, 0.25) is 0 Å². The van der Waals surface area contributed by atoms with E-state index in [1.165, 1.54) is 67.3 Å². The molecule has 4 atom stereocenters. The Kier molecular flexibility index (Phi) is 15.7. The zero-order valence-corrected chi connectivity index (χ0v) is 29.1. The Morgan fingerprint density at radius 1 is 1.09 bits per heavy atom. The number of halogens is 4. The number of benzene rings is 1. The average Bonchev–Trinajstić information content (AvgIpc) is 3.57. The SMILES string of the molecule is CC(C)[C@H](C(=O)O)N(C)C1CC(CN2CCC(c3cnc(CC4CCCCC4)s3)CC2)C(c2cccc(F)c2)C1.Cl.Cl.Cl. The summed E-state index contributed by atoms with van der Waals surface area (Å²) in [5.74, 6) is 1.16. The summed E-state index contributed by atoms with van der Waals surface area (Å²) in [6.45, 7) is 7.12. The maximum absolute atomic E-state index is 14.2. The Balaban J connectivity index is 0.00000215. The maximum Gasteiger partial charge on any atom is 0.321 e. The molecule has 5 nitrogen and oxygen atoms in total. The number of likely N-dealkylation sites (tertiary alicyclic amines) is 1. The van der Waals surface area contributed by atoms with E-state index >= 15 is 0 Å². The maximum atomic E-state index is 14.2. The molecule has 1 saturated heterocycles. The first-order valence-electron chi connectivity index (χ1n) is 15.7. The standard InChI is InChI=1S/C33H48FN3O2S.3ClH/c1-22(2)32(33(38)39)36(3)28-18-26(29(19-28)25-10-7-11-27(34)17-25)21-37-14-12-24(13-15-37)30-20-35-31(40-30)16-23-8-5-4-6-9-23;;;/h7,10-11,17,20,22-24,26,28-29,32H,4-6,8-9,12-16,18-19,21H2,1-3H3,(H,38,39);3*1H/t26?,28?,29?,32-;;;/m1.../s1. The predicted octanol–water partition coefficient (Wildman–Crippen LogP) is 8.45. The molecule has 1 aliphatic heterocycles. The van der Waals surface area contributed by atoms with E-state index in [4.69, 9.17) is 4.98 Å². The Morgan fingerprint density at radius 3 is 2.42 bits per heavy atom. The van der Waals surface area contributed by atoms with Crippen LogP contribution in [0.15, 0.2) is 30.5 Å². The van der Waals surface area contributed by atoms with Gasteiger partial charge < -0.3 is 10.0 Å². The molecule has 0 spiro atoms. The van der Waals surface area contributed by atoms with Gasteiger partial charge in [0.1, 0.15) is 11.9 Å². The molecule has 2 heterocycles. The first-order valence-corrected chi connectivity index (χ1v) is 16.5. The van der Waals surface area contributed by atoms with Gasteiger partial charge in [-0.05, 0) is 93.1 Å². The van der Waals surface area contributed by atoms with Crippen molar-refractivity contribution in [3.05, 3.63) is 51.7 Å². The van der Waals surface area contributed by atoms with Gasteiger partial charge in [0.25, 0.3) is 0 Å². The van der Waals surface area contributed by atoms with Gasteiger partial charge in [-0.1, -0.05) is 58.1 Å². The van der Waals surface area contributed by atoms with Crippen molar-refractivity contribution in [3.63, 3.8) is 0 Å². The quantitative estimate of drug-likeness (QED) is 0.273. The monoisotopic (exact) mass is 677 g/mol. The van der Waals surface area contributed by atoms with E-state index in [0.29, 0.717) is 11.8 Å². The van der Waals surface area contributed by atoms with Crippen molar-refractivity contribution in [3.8, 4) is 0 Å². The molecule has 2 aromatic rings. The number of aromatic nitrogens is 1. The molecular formula is C33H51Cl3FN3O2S. The fraction of sp³-hybridized carbons (Fsp3) is 0.697. The predicted molar refractivity (Wildman–Crippen MR) is 182 cm³/mol. The summed E-state index contributed by atoms with van der Waals surface area (Å²) in [4.78, 5) is 23.1. The lowest BCUT2D eigenvalue weighted by molar-refractivity contribution is -0.145. The number of rotatable bonds is 10. The summed E-state index contributed by atoms with van der Waals surface area (Å²) in [5.41, 5.74) is 1.06. The van der Waals surface area contributed by atoms with Crippen LogP contribution in [-0.2, 0) is 11.2 Å². The number of nitrogens with zero attached hydrogens (tertiary/aromatic N) is 3. The van der Waals surface area contributed by atoms with E-state index < -0.39 is 12.0 Å². The van der Waals surface area contributed by atoms with Gasteiger partial charge in [-0.25, -0.2) is 9.37 Å². The summed E-state index contributed by atoms with van der Waals surface area (Å²) >= 11 is 1.96. The molecule has 0 amide bonds. The van der Waals surface area contributed by atoms with Gasteiger partial charge in [0.2, 0.25) is 0 Å². The van der Waals surface area contributed by atoms with Crippen LogP contribution in [0.1, 0.15) is 98.9 Å². The fourth-order valence-electron chi connectivity index (χ4n) is 7.91. The normalized spacial score (nSPS) is 24.3. The molecule has 5 rings (SSSR count). The van der Waals surface area contributed by atoms with Crippen molar-refractivity contribution in [2.24, 2.45) is 17.8 Å². The van der Waals surface area contributed by atoms with E-state index in [1.807, 2.05) is 38.3 Å². The van der Waals surface area contributed by atoms with Gasteiger partial charge in [-0.15, -0.1) is 48.6 Å². The van der Waals surface area contributed by atoms with Gasteiger partial charge in [-0.2, -0.15) is 0 Å². The van der Waals surface area contributed by atoms with Crippen molar-refractivity contribution < 1.29 is 14.3 Å². The smallest absolute Gasteiger partial charge is 0.321 e. The van der Waals surface area contributed by atoms with Crippen LogP contribution in [-0.4, -0.2) is 64.6 Å². The third-order valence-electron chi connectivity index (χ3n) is 10.1. The minimum absolute atomic E-state index is 0.